The highest BCUT2D eigenvalue weighted by atomic mass is 16.6. The lowest BCUT2D eigenvalue weighted by Gasteiger charge is -2.51. The van der Waals surface area contributed by atoms with Gasteiger partial charge in [-0.3, -0.25) is 4.90 Å². The van der Waals surface area contributed by atoms with Crippen molar-refractivity contribution in [1.82, 2.24) is 4.90 Å². The van der Waals surface area contributed by atoms with Crippen LogP contribution < -0.4 is 0 Å². The van der Waals surface area contributed by atoms with E-state index in [1.54, 1.807) is 4.90 Å². The van der Waals surface area contributed by atoms with Gasteiger partial charge in [0.2, 0.25) is 0 Å². The second-order valence-corrected chi connectivity index (χ2v) is 8.04. The molecule has 2 aliphatic rings. The van der Waals surface area contributed by atoms with Crippen molar-refractivity contribution in [3.8, 4) is 0 Å². The Morgan fingerprint density at radius 1 is 1.29 bits per heavy atom. The van der Waals surface area contributed by atoms with E-state index in [0.717, 1.165) is 11.1 Å². The number of aryl methyl sites for hydroxylation is 1. The van der Waals surface area contributed by atoms with Crippen molar-refractivity contribution in [3.63, 3.8) is 0 Å². The second-order valence-electron chi connectivity index (χ2n) is 8.04. The highest BCUT2D eigenvalue weighted by molar-refractivity contribution is 5.69. The van der Waals surface area contributed by atoms with Crippen molar-refractivity contribution in [2.45, 2.75) is 63.8 Å². The Bertz CT molecular complexity index is 608. The van der Waals surface area contributed by atoms with Crippen LogP contribution in [0.4, 0.5) is 4.79 Å². The number of aliphatic hydroxyl groups is 1. The molecule has 2 bridgehead atoms. The maximum absolute atomic E-state index is 12.6. The average Bonchev–Trinajstić information content (AvgIpc) is 2.44. The Labute approximate surface area is 143 Å². The average molecular weight is 333 g/mol. The molecule has 2 atom stereocenters. The zero-order valence-electron chi connectivity index (χ0n) is 14.9. The maximum Gasteiger partial charge on any atom is 0.410 e. The van der Waals surface area contributed by atoms with Gasteiger partial charge in [0.05, 0.1) is 30.9 Å². The van der Waals surface area contributed by atoms with E-state index < -0.39 is 11.2 Å². The molecule has 5 heteroatoms. The molecule has 2 heterocycles. The molecule has 2 unspecified atom stereocenters. The van der Waals surface area contributed by atoms with Crippen LogP contribution >= 0.6 is 0 Å². The van der Waals surface area contributed by atoms with Gasteiger partial charge >= 0.3 is 6.09 Å². The lowest BCUT2D eigenvalue weighted by Crippen LogP contribution is -2.63. The molecule has 2 fully saturated rings. The summed E-state index contributed by atoms with van der Waals surface area (Å²) in [6.45, 7) is 8.49. The monoisotopic (exact) mass is 333 g/mol. The van der Waals surface area contributed by atoms with Crippen LogP contribution in [0.1, 0.15) is 44.7 Å². The molecule has 0 saturated carbocycles. The lowest BCUT2D eigenvalue weighted by atomic mass is 9.76. The molecule has 1 aromatic rings. The maximum atomic E-state index is 12.6. The molecule has 2 saturated heterocycles. The smallest absolute Gasteiger partial charge is 0.410 e. The zero-order valence-corrected chi connectivity index (χ0v) is 14.9. The minimum Gasteiger partial charge on any atom is -0.444 e. The van der Waals surface area contributed by atoms with Gasteiger partial charge < -0.3 is 14.6 Å². The number of piperidine rings is 1. The molecule has 0 aliphatic carbocycles. The van der Waals surface area contributed by atoms with Crippen LogP contribution in [-0.4, -0.2) is 47.0 Å². The van der Waals surface area contributed by atoms with E-state index in [1.165, 1.54) is 0 Å². The van der Waals surface area contributed by atoms with E-state index in [0.29, 0.717) is 26.1 Å². The first kappa shape index (κ1) is 17.2. The molecule has 1 amide bonds. The van der Waals surface area contributed by atoms with E-state index in [1.807, 2.05) is 52.0 Å². The zero-order chi connectivity index (χ0) is 17.5. The number of carbonyl (C=O) groups is 1. The molecule has 5 nitrogen and oxygen atoms in total. The Morgan fingerprint density at radius 3 is 2.46 bits per heavy atom. The SMILES string of the molecule is Cc1cccc(C2(O)CC3COCC(C2)N3C(=O)OC(C)(C)C)c1. The molecule has 0 spiro atoms. The number of morpholine rings is 1. The summed E-state index contributed by atoms with van der Waals surface area (Å²) in [6, 6.07) is 7.64. The van der Waals surface area contributed by atoms with E-state index in [4.69, 9.17) is 9.47 Å². The molecular formula is C19H27NO4. The normalized spacial score (nSPS) is 30.1. The van der Waals surface area contributed by atoms with Crippen LogP contribution in [0.5, 0.6) is 0 Å². The van der Waals surface area contributed by atoms with E-state index in [9.17, 15) is 9.90 Å². The van der Waals surface area contributed by atoms with E-state index in [2.05, 4.69) is 0 Å². The Kier molecular flexibility index (Phi) is 4.34. The number of nitrogens with zero attached hydrogens (tertiary/aromatic N) is 1. The van der Waals surface area contributed by atoms with Gasteiger partial charge in [0.25, 0.3) is 0 Å². The van der Waals surface area contributed by atoms with Gasteiger partial charge in [-0.25, -0.2) is 4.79 Å². The van der Waals surface area contributed by atoms with Crippen molar-refractivity contribution in [2.24, 2.45) is 0 Å². The Balaban J connectivity index is 1.84. The number of benzene rings is 1. The third kappa shape index (κ3) is 3.42. The van der Waals surface area contributed by atoms with Gasteiger partial charge in [-0.15, -0.1) is 0 Å². The Morgan fingerprint density at radius 2 is 1.92 bits per heavy atom. The summed E-state index contributed by atoms with van der Waals surface area (Å²) >= 11 is 0. The topological polar surface area (TPSA) is 59.0 Å². The van der Waals surface area contributed by atoms with Crippen LogP contribution in [0, 0.1) is 6.92 Å². The van der Waals surface area contributed by atoms with Gasteiger partial charge in [-0.2, -0.15) is 0 Å². The lowest BCUT2D eigenvalue weighted by molar-refractivity contribution is -0.141. The quantitative estimate of drug-likeness (QED) is 0.858. The molecule has 1 aromatic carbocycles. The third-order valence-corrected chi connectivity index (χ3v) is 4.71. The fourth-order valence-corrected chi connectivity index (χ4v) is 3.76. The van der Waals surface area contributed by atoms with Gasteiger partial charge in [0.1, 0.15) is 5.60 Å². The summed E-state index contributed by atoms with van der Waals surface area (Å²) in [6.07, 6.45) is 0.616. The third-order valence-electron chi connectivity index (χ3n) is 4.71. The van der Waals surface area contributed by atoms with Crippen LogP contribution in [0.25, 0.3) is 0 Å². The van der Waals surface area contributed by atoms with E-state index >= 15 is 0 Å². The first-order valence-corrected chi connectivity index (χ1v) is 8.56. The van der Waals surface area contributed by atoms with Crippen LogP contribution in [0.15, 0.2) is 24.3 Å². The molecule has 0 aromatic heterocycles. The number of amides is 1. The molecular weight excluding hydrogens is 306 g/mol. The predicted molar refractivity (Wildman–Crippen MR) is 90.8 cm³/mol. The minimum absolute atomic E-state index is 0.169. The van der Waals surface area contributed by atoms with Crippen LogP contribution in [-0.2, 0) is 15.1 Å². The highest BCUT2D eigenvalue weighted by Gasteiger charge is 2.49. The standard InChI is InChI=1S/C19H27NO4/c1-13-6-5-7-14(8-13)19(22)9-15-11-23-12-16(10-19)20(15)17(21)24-18(2,3)4/h5-8,15-16,22H,9-12H2,1-4H3. The van der Waals surface area contributed by atoms with Gasteiger partial charge in [-0.1, -0.05) is 29.8 Å². The summed E-state index contributed by atoms with van der Waals surface area (Å²) in [4.78, 5) is 14.4. The molecule has 2 aliphatic heterocycles. The molecule has 24 heavy (non-hydrogen) atoms. The van der Waals surface area contributed by atoms with Crippen molar-refractivity contribution < 1.29 is 19.4 Å². The number of carbonyl (C=O) groups excluding carboxylic acids is 1. The number of hydrogen-bond acceptors (Lipinski definition) is 4. The molecule has 3 rings (SSSR count). The second kappa shape index (κ2) is 6.05. The molecule has 132 valence electrons. The fraction of sp³-hybridized carbons (Fsp3) is 0.632. The summed E-state index contributed by atoms with van der Waals surface area (Å²) in [5.41, 5.74) is 0.584. The summed E-state index contributed by atoms with van der Waals surface area (Å²) in [7, 11) is 0. The van der Waals surface area contributed by atoms with Crippen molar-refractivity contribution in [2.75, 3.05) is 13.2 Å². The largest absolute Gasteiger partial charge is 0.444 e. The van der Waals surface area contributed by atoms with Crippen molar-refractivity contribution >= 4 is 6.09 Å². The summed E-state index contributed by atoms with van der Waals surface area (Å²) in [5, 5.41) is 11.3. The first-order valence-electron chi connectivity index (χ1n) is 8.56. The molecule has 0 radical (unpaired) electrons. The van der Waals surface area contributed by atoms with Gasteiger partial charge in [-0.05, 0) is 33.3 Å². The fourth-order valence-electron chi connectivity index (χ4n) is 3.76. The summed E-state index contributed by atoms with van der Waals surface area (Å²) < 4.78 is 11.2. The summed E-state index contributed by atoms with van der Waals surface area (Å²) in [5.74, 6) is 0. The highest BCUT2D eigenvalue weighted by Crippen LogP contribution is 2.41. The van der Waals surface area contributed by atoms with Crippen molar-refractivity contribution in [1.29, 1.82) is 0 Å². The van der Waals surface area contributed by atoms with Crippen molar-refractivity contribution in [3.05, 3.63) is 35.4 Å². The first-order chi connectivity index (χ1) is 11.2. The number of hydrogen-bond donors (Lipinski definition) is 1. The van der Waals surface area contributed by atoms with Crippen LogP contribution in [0.3, 0.4) is 0 Å². The number of fused-ring (bicyclic) bond motifs is 2. The van der Waals surface area contributed by atoms with Crippen LogP contribution in [0.2, 0.25) is 0 Å². The predicted octanol–water partition coefficient (Wildman–Crippen LogP) is 2.98. The number of rotatable bonds is 1. The van der Waals surface area contributed by atoms with Gasteiger partial charge in [0, 0.05) is 12.8 Å². The van der Waals surface area contributed by atoms with Gasteiger partial charge in [0.15, 0.2) is 0 Å². The number of ether oxygens (including phenoxy) is 2. The van der Waals surface area contributed by atoms with E-state index in [-0.39, 0.29) is 18.2 Å². The minimum atomic E-state index is -0.927. The Hall–Kier alpha value is -1.59. The molecule has 1 N–H and O–H groups in total.